The van der Waals surface area contributed by atoms with Gasteiger partial charge in [0.05, 0.1) is 0 Å². The van der Waals surface area contributed by atoms with Crippen molar-refractivity contribution in [2.75, 3.05) is 19.8 Å². The van der Waals surface area contributed by atoms with Crippen LogP contribution in [0.5, 0.6) is 0 Å². The Morgan fingerprint density at radius 1 is 1.07 bits per heavy atom. The third-order valence-corrected chi connectivity index (χ3v) is 4.65. The van der Waals surface area contributed by atoms with Crippen molar-refractivity contribution >= 4 is 8.80 Å². The molecule has 0 unspecified atom stereocenters. The summed E-state index contributed by atoms with van der Waals surface area (Å²) in [4.78, 5) is 0. The lowest BCUT2D eigenvalue weighted by Gasteiger charge is -2.25. The molecule has 0 aliphatic carbocycles. The fraction of sp³-hybridized carbons (Fsp3) is 0.636. The van der Waals surface area contributed by atoms with E-state index in [4.69, 9.17) is 13.3 Å². The van der Waals surface area contributed by atoms with Gasteiger partial charge >= 0.3 is 8.80 Å². The van der Waals surface area contributed by atoms with Crippen LogP contribution in [0.3, 0.4) is 0 Å². The highest BCUT2D eigenvalue weighted by Gasteiger charge is 2.37. The van der Waals surface area contributed by atoms with E-state index >= 15 is 0 Å². The summed E-state index contributed by atoms with van der Waals surface area (Å²) in [5.74, 6) is 0. The standard InChI is InChI=1S/C11H22O3Si/c1-6-11(5)10-15(12-7-2,13-8-3)14-9-4/h6,10H,1,7-9H2,2-5H3. The van der Waals surface area contributed by atoms with Crippen molar-refractivity contribution in [1.82, 2.24) is 0 Å². The Labute approximate surface area is 94.1 Å². The predicted octanol–water partition coefficient (Wildman–Crippen LogP) is 2.71. The molecule has 0 aliphatic rings. The molecule has 0 heterocycles. The van der Waals surface area contributed by atoms with E-state index in [2.05, 4.69) is 6.58 Å². The van der Waals surface area contributed by atoms with Crippen LogP contribution in [0.1, 0.15) is 27.7 Å². The second-order valence-electron chi connectivity index (χ2n) is 3.00. The number of hydrogen-bond donors (Lipinski definition) is 0. The average Bonchev–Trinajstić information content (AvgIpc) is 2.18. The zero-order chi connectivity index (χ0) is 11.7. The zero-order valence-electron chi connectivity index (χ0n) is 10.2. The summed E-state index contributed by atoms with van der Waals surface area (Å²) in [7, 11) is -2.61. The van der Waals surface area contributed by atoms with Gasteiger partial charge in [0.2, 0.25) is 0 Å². The molecule has 0 aromatic heterocycles. The summed E-state index contributed by atoms with van der Waals surface area (Å²) in [6.07, 6.45) is 1.78. The molecule has 4 heteroatoms. The van der Waals surface area contributed by atoms with Crippen LogP contribution in [0.25, 0.3) is 0 Å². The van der Waals surface area contributed by atoms with Crippen molar-refractivity contribution in [2.24, 2.45) is 0 Å². The van der Waals surface area contributed by atoms with Gasteiger partial charge in [-0.2, -0.15) is 0 Å². The zero-order valence-corrected chi connectivity index (χ0v) is 11.2. The molecule has 0 amide bonds. The molecule has 0 aromatic carbocycles. The van der Waals surface area contributed by atoms with Crippen molar-refractivity contribution in [3.8, 4) is 0 Å². The summed E-state index contributed by atoms with van der Waals surface area (Å²) in [5.41, 5.74) is 2.97. The van der Waals surface area contributed by atoms with Crippen molar-refractivity contribution < 1.29 is 13.3 Å². The summed E-state index contributed by atoms with van der Waals surface area (Å²) in [6, 6.07) is 0. The van der Waals surface area contributed by atoms with E-state index in [1.54, 1.807) is 6.08 Å². The number of rotatable bonds is 8. The molecule has 0 rings (SSSR count). The van der Waals surface area contributed by atoms with Crippen LogP contribution >= 0.6 is 0 Å². The number of allylic oxidation sites excluding steroid dienone is 2. The topological polar surface area (TPSA) is 27.7 Å². The van der Waals surface area contributed by atoms with Gasteiger partial charge in [-0.3, -0.25) is 0 Å². The first-order chi connectivity index (χ1) is 7.14. The Hall–Kier alpha value is -0.423. The van der Waals surface area contributed by atoms with E-state index in [0.717, 1.165) is 5.57 Å². The molecule has 0 saturated carbocycles. The Kier molecular flexibility index (Phi) is 7.59. The molecule has 0 atom stereocenters. The van der Waals surface area contributed by atoms with Crippen LogP contribution in [0.4, 0.5) is 0 Å². The molecule has 0 bridgehead atoms. The van der Waals surface area contributed by atoms with Gasteiger partial charge in [0.1, 0.15) is 0 Å². The minimum atomic E-state index is -2.61. The first kappa shape index (κ1) is 14.6. The SMILES string of the molecule is C=CC(C)=C[Si](OCC)(OCC)OCC. The minimum Gasteiger partial charge on any atom is -0.371 e. The van der Waals surface area contributed by atoms with E-state index in [0.29, 0.717) is 19.8 Å². The molecule has 0 aromatic rings. The van der Waals surface area contributed by atoms with E-state index in [1.165, 1.54) is 0 Å². The highest BCUT2D eigenvalue weighted by Crippen LogP contribution is 2.14. The minimum absolute atomic E-state index is 0.590. The maximum absolute atomic E-state index is 5.65. The van der Waals surface area contributed by atoms with Gasteiger partial charge in [0.15, 0.2) is 0 Å². The second-order valence-corrected chi connectivity index (χ2v) is 5.36. The van der Waals surface area contributed by atoms with Crippen LogP contribution in [-0.4, -0.2) is 28.6 Å². The van der Waals surface area contributed by atoms with Gasteiger partial charge in [-0.25, -0.2) is 0 Å². The van der Waals surface area contributed by atoms with Gasteiger partial charge in [0, 0.05) is 19.8 Å². The van der Waals surface area contributed by atoms with Crippen molar-refractivity contribution in [2.45, 2.75) is 27.7 Å². The van der Waals surface area contributed by atoms with E-state index in [9.17, 15) is 0 Å². The molecule has 0 aliphatic heterocycles. The lowest BCUT2D eigenvalue weighted by molar-refractivity contribution is 0.0841. The molecule has 0 fully saturated rings. The average molecular weight is 230 g/mol. The third kappa shape index (κ3) is 5.27. The lowest BCUT2D eigenvalue weighted by atomic mass is 10.4. The van der Waals surface area contributed by atoms with Gasteiger partial charge in [-0.1, -0.05) is 18.2 Å². The van der Waals surface area contributed by atoms with Crippen LogP contribution in [0.2, 0.25) is 0 Å². The molecule has 0 N–H and O–H groups in total. The Morgan fingerprint density at radius 3 is 1.73 bits per heavy atom. The first-order valence-electron chi connectivity index (χ1n) is 5.37. The molecule has 0 saturated heterocycles. The van der Waals surface area contributed by atoms with Gasteiger partial charge in [0.25, 0.3) is 0 Å². The quantitative estimate of drug-likeness (QED) is 0.474. The van der Waals surface area contributed by atoms with E-state index in [-0.39, 0.29) is 0 Å². The van der Waals surface area contributed by atoms with Crippen LogP contribution in [0.15, 0.2) is 23.9 Å². The van der Waals surface area contributed by atoms with Crippen molar-refractivity contribution in [3.05, 3.63) is 23.9 Å². The first-order valence-corrected chi connectivity index (χ1v) is 7.18. The maximum atomic E-state index is 5.65. The molecular weight excluding hydrogens is 208 g/mol. The largest absolute Gasteiger partial charge is 0.529 e. The number of hydrogen-bond acceptors (Lipinski definition) is 3. The molecular formula is C11H22O3Si. The summed E-state index contributed by atoms with van der Waals surface area (Å²) in [5, 5.41) is 0. The Morgan fingerprint density at radius 2 is 1.47 bits per heavy atom. The smallest absolute Gasteiger partial charge is 0.371 e. The van der Waals surface area contributed by atoms with Gasteiger partial charge in [-0.05, 0) is 33.4 Å². The fourth-order valence-electron chi connectivity index (χ4n) is 1.19. The second kappa shape index (κ2) is 7.82. The van der Waals surface area contributed by atoms with Gasteiger partial charge in [-0.15, -0.1) is 0 Å². The third-order valence-electron chi connectivity index (χ3n) is 1.76. The van der Waals surface area contributed by atoms with E-state index < -0.39 is 8.80 Å². The Bertz CT molecular complexity index is 197. The van der Waals surface area contributed by atoms with Crippen molar-refractivity contribution in [3.63, 3.8) is 0 Å². The van der Waals surface area contributed by atoms with Crippen molar-refractivity contribution in [1.29, 1.82) is 0 Å². The summed E-state index contributed by atoms with van der Waals surface area (Å²) >= 11 is 0. The molecule has 0 spiro atoms. The molecule has 3 nitrogen and oxygen atoms in total. The summed E-state index contributed by atoms with van der Waals surface area (Å²) in [6.45, 7) is 13.3. The Balaban J connectivity index is 4.82. The monoisotopic (exact) mass is 230 g/mol. The van der Waals surface area contributed by atoms with Crippen LogP contribution in [-0.2, 0) is 13.3 Å². The van der Waals surface area contributed by atoms with E-state index in [1.807, 2.05) is 33.4 Å². The lowest BCUT2D eigenvalue weighted by Crippen LogP contribution is -2.44. The molecule has 0 radical (unpaired) electrons. The molecule has 15 heavy (non-hydrogen) atoms. The normalized spacial score (nSPS) is 12.9. The van der Waals surface area contributed by atoms with Crippen LogP contribution in [0, 0.1) is 0 Å². The summed E-state index contributed by atoms with van der Waals surface area (Å²) < 4.78 is 17.0. The highest BCUT2D eigenvalue weighted by molar-refractivity contribution is 6.66. The maximum Gasteiger partial charge on any atom is 0.529 e. The highest BCUT2D eigenvalue weighted by atomic mass is 28.4. The van der Waals surface area contributed by atoms with Gasteiger partial charge < -0.3 is 13.3 Å². The molecule has 88 valence electrons. The fourth-order valence-corrected chi connectivity index (χ4v) is 3.57. The van der Waals surface area contributed by atoms with Crippen LogP contribution < -0.4 is 0 Å². The predicted molar refractivity (Wildman–Crippen MR) is 64.6 cm³/mol.